The number of hydrogen-bond acceptors (Lipinski definition) is 4. The first kappa shape index (κ1) is 11.9. The molecule has 1 saturated heterocycles. The van der Waals surface area contributed by atoms with Gasteiger partial charge in [0.05, 0.1) is 12.2 Å². The van der Waals surface area contributed by atoms with Crippen LogP contribution in [-0.2, 0) is 6.54 Å². The number of hydrogen-bond donors (Lipinski definition) is 2. The summed E-state index contributed by atoms with van der Waals surface area (Å²) < 4.78 is 5.12. The van der Waals surface area contributed by atoms with Gasteiger partial charge in [0.1, 0.15) is 0 Å². The van der Waals surface area contributed by atoms with Crippen LogP contribution in [0.5, 0.6) is 0 Å². The van der Waals surface area contributed by atoms with Crippen molar-refractivity contribution in [2.45, 2.75) is 32.4 Å². The van der Waals surface area contributed by atoms with Gasteiger partial charge in [-0.3, -0.25) is 0 Å². The lowest BCUT2D eigenvalue weighted by molar-refractivity contribution is 0.184. The smallest absolute Gasteiger partial charge is 0.314 e. The molecule has 94 valence electrons. The van der Waals surface area contributed by atoms with Gasteiger partial charge in [-0.05, 0) is 19.8 Å². The van der Waals surface area contributed by atoms with Crippen LogP contribution >= 0.6 is 0 Å². The van der Waals surface area contributed by atoms with E-state index in [2.05, 4.69) is 10.5 Å². The molecule has 1 fully saturated rings. The van der Waals surface area contributed by atoms with E-state index in [0.29, 0.717) is 12.6 Å². The van der Waals surface area contributed by atoms with Crippen molar-refractivity contribution in [1.82, 2.24) is 15.4 Å². The number of nitrogens with one attached hydrogen (secondary N) is 1. The minimum Gasteiger partial charge on any atom is -0.360 e. The predicted octanol–water partition coefficient (Wildman–Crippen LogP) is 0.616. The third kappa shape index (κ3) is 3.20. The zero-order valence-corrected chi connectivity index (χ0v) is 9.98. The van der Waals surface area contributed by atoms with E-state index in [4.69, 9.17) is 10.3 Å². The van der Waals surface area contributed by atoms with Crippen LogP contribution in [0.1, 0.15) is 24.3 Å². The van der Waals surface area contributed by atoms with Crippen molar-refractivity contribution in [2.75, 3.05) is 13.1 Å². The van der Waals surface area contributed by atoms with E-state index in [9.17, 15) is 4.79 Å². The Morgan fingerprint density at radius 1 is 1.65 bits per heavy atom. The number of aryl methyl sites for hydroxylation is 1. The lowest BCUT2D eigenvalue weighted by Crippen LogP contribution is -2.46. The summed E-state index contributed by atoms with van der Waals surface area (Å²) in [5.74, 6) is 0.847. The van der Waals surface area contributed by atoms with E-state index in [1.165, 1.54) is 0 Å². The Bertz CT molecular complexity index is 383. The average Bonchev–Trinajstić information content (AvgIpc) is 2.73. The number of aromatic nitrogens is 1. The first-order valence-corrected chi connectivity index (χ1v) is 5.85. The van der Waals surface area contributed by atoms with Crippen molar-refractivity contribution in [3.8, 4) is 0 Å². The highest BCUT2D eigenvalue weighted by Crippen LogP contribution is 2.11. The molecule has 2 rings (SSSR count). The number of urea groups is 1. The van der Waals surface area contributed by atoms with Gasteiger partial charge < -0.3 is 20.5 Å². The minimum absolute atomic E-state index is 0.325. The van der Waals surface area contributed by atoms with Gasteiger partial charge >= 0.3 is 6.03 Å². The predicted molar refractivity (Wildman–Crippen MR) is 62.3 cm³/mol. The Morgan fingerprint density at radius 2 is 2.35 bits per heavy atom. The quantitative estimate of drug-likeness (QED) is 0.808. The molecule has 1 aliphatic heterocycles. The van der Waals surface area contributed by atoms with Gasteiger partial charge in [-0.2, -0.15) is 0 Å². The molecule has 0 saturated carbocycles. The van der Waals surface area contributed by atoms with Gasteiger partial charge in [0.2, 0.25) is 0 Å². The van der Waals surface area contributed by atoms with E-state index in [0.717, 1.165) is 37.4 Å². The number of carbonyl (C=O) groups is 1. The van der Waals surface area contributed by atoms with Crippen molar-refractivity contribution in [2.24, 2.45) is 5.73 Å². The molecule has 3 N–H and O–H groups in total. The van der Waals surface area contributed by atoms with Crippen molar-refractivity contribution in [1.29, 1.82) is 0 Å². The fraction of sp³-hybridized carbons (Fsp3) is 0.636. The van der Waals surface area contributed by atoms with Crippen LogP contribution in [0.3, 0.4) is 0 Å². The number of nitrogens with two attached hydrogens (primary N) is 1. The maximum Gasteiger partial charge on any atom is 0.314 e. The van der Waals surface area contributed by atoms with Gasteiger partial charge in [0, 0.05) is 25.2 Å². The molecule has 17 heavy (non-hydrogen) atoms. The minimum atomic E-state index is -0.325. The largest absolute Gasteiger partial charge is 0.360 e. The first-order valence-electron chi connectivity index (χ1n) is 5.85. The van der Waals surface area contributed by atoms with Crippen molar-refractivity contribution in [3.63, 3.8) is 0 Å². The van der Waals surface area contributed by atoms with Crippen molar-refractivity contribution < 1.29 is 9.32 Å². The zero-order valence-electron chi connectivity index (χ0n) is 9.98. The molecule has 0 unspecified atom stereocenters. The highest BCUT2D eigenvalue weighted by Gasteiger charge is 2.20. The molecule has 6 nitrogen and oxygen atoms in total. The SMILES string of the molecule is Cc1cc(CNC2CCN(C(N)=O)CC2)on1. The van der Waals surface area contributed by atoms with Crippen LogP contribution in [0.25, 0.3) is 0 Å². The summed E-state index contributed by atoms with van der Waals surface area (Å²) in [6, 6.07) is 2.01. The summed E-state index contributed by atoms with van der Waals surface area (Å²) in [7, 11) is 0. The molecule has 6 heteroatoms. The fourth-order valence-corrected chi connectivity index (χ4v) is 2.05. The van der Waals surface area contributed by atoms with Crippen LogP contribution in [-0.4, -0.2) is 35.2 Å². The second kappa shape index (κ2) is 5.18. The molecule has 0 bridgehead atoms. The first-order chi connectivity index (χ1) is 8.15. The van der Waals surface area contributed by atoms with Gasteiger partial charge in [-0.15, -0.1) is 0 Å². The molecule has 0 aromatic carbocycles. The van der Waals surface area contributed by atoms with Gasteiger partial charge in [0.15, 0.2) is 5.76 Å². The van der Waals surface area contributed by atoms with E-state index < -0.39 is 0 Å². The standard InChI is InChI=1S/C11H18N4O2/c1-8-6-10(17-14-8)7-13-9-2-4-15(5-3-9)11(12)16/h6,9,13H,2-5,7H2,1H3,(H2,12,16). The number of nitrogens with zero attached hydrogens (tertiary/aromatic N) is 2. The molecule has 1 aliphatic rings. The Labute approximate surface area is 100 Å². The summed E-state index contributed by atoms with van der Waals surface area (Å²) in [5, 5.41) is 7.23. The molecule has 2 heterocycles. The third-order valence-corrected chi connectivity index (χ3v) is 3.05. The number of likely N-dealkylation sites (tertiary alicyclic amines) is 1. The molecule has 0 atom stereocenters. The average molecular weight is 238 g/mol. The number of rotatable bonds is 3. The second-order valence-corrected chi connectivity index (χ2v) is 4.42. The Kier molecular flexibility index (Phi) is 3.63. The van der Waals surface area contributed by atoms with Crippen molar-refractivity contribution in [3.05, 3.63) is 17.5 Å². The molecule has 1 aromatic rings. The summed E-state index contributed by atoms with van der Waals surface area (Å²) >= 11 is 0. The summed E-state index contributed by atoms with van der Waals surface area (Å²) in [6.07, 6.45) is 1.85. The Hall–Kier alpha value is -1.56. The van der Waals surface area contributed by atoms with Crippen LogP contribution < -0.4 is 11.1 Å². The Balaban J connectivity index is 1.73. The van der Waals surface area contributed by atoms with Crippen LogP contribution in [0.2, 0.25) is 0 Å². The third-order valence-electron chi connectivity index (χ3n) is 3.05. The lowest BCUT2D eigenvalue weighted by atomic mass is 10.1. The summed E-state index contributed by atoms with van der Waals surface area (Å²) in [6.45, 7) is 4.03. The number of primary amides is 1. The second-order valence-electron chi connectivity index (χ2n) is 4.42. The lowest BCUT2D eigenvalue weighted by Gasteiger charge is -2.31. The monoisotopic (exact) mass is 238 g/mol. The van der Waals surface area contributed by atoms with Gasteiger partial charge in [-0.1, -0.05) is 5.16 Å². The highest BCUT2D eigenvalue weighted by molar-refractivity contribution is 5.72. The van der Waals surface area contributed by atoms with E-state index in [1.54, 1.807) is 4.90 Å². The number of carbonyl (C=O) groups excluding carboxylic acids is 1. The normalized spacial score (nSPS) is 17.4. The van der Waals surface area contributed by atoms with Crippen molar-refractivity contribution >= 4 is 6.03 Å². The van der Waals surface area contributed by atoms with E-state index in [-0.39, 0.29) is 6.03 Å². The van der Waals surface area contributed by atoms with Crippen LogP contribution in [0.15, 0.2) is 10.6 Å². The fourth-order valence-electron chi connectivity index (χ4n) is 2.05. The van der Waals surface area contributed by atoms with Gasteiger partial charge in [-0.25, -0.2) is 4.79 Å². The molecular formula is C11H18N4O2. The summed E-state index contributed by atoms with van der Waals surface area (Å²) in [4.78, 5) is 12.6. The molecule has 0 radical (unpaired) electrons. The molecular weight excluding hydrogens is 220 g/mol. The molecule has 0 aliphatic carbocycles. The van der Waals surface area contributed by atoms with Crippen LogP contribution in [0, 0.1) is 6.92 Å². The number of piperidine rings is 1. The van der Waals surface area contributed by atoms with Gasteiger partial charge in [0.25, 0.3) is 0 Å². The molecule has 1 aromatic heterocycles. The topological polar surface area (TPSA) is 84.4 Å². The summed E-state index contributed by atoms with van der Waals surface area (Å²) in [5.41, 5.74) is 6.12. The Morgan fingerprint density at radius 3 is 2.88 bits per heavy atom. The zero-order chi connectivity index (χ0) is 12.3. The molecule has 0 spiro atoms. The van der Waals surface area contributed by atoms with E-state index >= 15 is 0 Å². The van der Waals surface area contributed by atoms with E-state index in [1.807, 2.05) is 13.0 Å². The maximum absolute atomic E-state index is 10.9. The number of amides is 2. The van der Waals surface area contributed by atoms with Crippen LogP contribution in [0.4, 0.5) is 4.79 Å². The molecule has 2 amide bonds. The maximum atomic E-state index is 10.9. The highest BCUT2D eigenvalue weighted by atomic mass is 16.5.